The van der Waals surface area contributed by atoms with Crippen LogP contribution in [0.15, 0.2) is 54.6 Å². The molecule has 134 valence electrons. The molecule has 6 heteroatoms. The zero-order chi connectivity index (χ0) is 18.7. The number of hydrogen-bond acceptors (Lipinski definition) is 3. The lowest BCUT2D eigenvalue weighted by molar-refractivity contribution is 0.0949. The maximum atomic E-state index is 12.4. The Hall–Kier alpha value is -2.73. The van der Waals surface area contributed by atoms with E-state index >= 15 is 0 Å². The van der Waals surface area contributed by atoms with Gasteiger partial charge in [0.15, 0.2) is 10.6 Å². The fraction of sp³-hybridized carbons (Fsp3) is 0.250. The van der Waals surface area contributed by atoms with Gasteiger partial charge in [-0.25, -0.2) is 0 Å². The lowest BCUT2D eigenvalue weighted by Crippen LogP contribution is -2.24. The van der Waals surface area contributed by atoms with Crippen LogP contribution in [0.3, 0.4) is 0 Å². The quantitative estimate of drug-likeness (QED) is 0.682. The molecule has 0 saturated carbocycles. The monoisotopic (exact) mass is 366 g/mol. The summed E-state index contributed by atoms with van der Waals surface area (Å²) in [7, 11) is 0. The summed E-state index contributed by atoms with van der Waals surface area (Å²) in [5, 5.41) is 9.93. The van der Waals surface area contributed by atoms with Gasteiger partial charge in [-0.05, 0) is 47.5 Å². The van der Waals surface area contributed by atoms with E-state index in [1.807, 2.05) is 59.2 Å². The normalized spacial score (nSPS) is 11.3. The van der Waals surface area contributed by atoms with Crippen molar-refractivity contribution in [1.29, 1.82) is 0 Å². The van der Waals surface area contributed by atoms with Crippen molar-refractivity contribution >= 4 is 18.1 Å². The molecule has 1 amide bonds. The number of nitrogens with one attached hydrogen (secondary N) is 2. The van der Waals surface area contributed by atoms with Crippen molar-refractivity contribution in [3.8, 4) is 5.69 Å². The summed E-state index contributed by atoms with van der Waals surface area (Å²) in [6, 6.07) is 17.4. The fourth-order valence-corrected chi connectivity index (χ4v) is 2.93. The van der Waals surface area contributed by atoms with Gasteiger partial charge in [-0.15, -0.1) is 0 Å². The van der Waals surface area contributed by atoms with E-state index in [4.69, 9.17) is 12.2 Å². The molecule has 5 nitrogen and oxygen atoms in total. The molecule has 3 rings (SSSR count). The second-order valence-electron chi connectivity index (χ2n) is 7.13. The van der Waals surface area contributed by atoms with E-state index in [0.717, 1.165) is 5.69 Å². The minimum Gasteiger partial charge on any atom is -0.345 e. The summed E-state index contributed by atoms with van der Waals surface area (Å²) in [4.78, 5) is 12.4. The molecule has 0 unspecified atom stereocenters. The molecule has 0 spiro atoms. The summed E-state index contributed by atoms with van der Waals surface area (Å²) in [5.41, 5.74) is 2.79. The highest BCUT2D eigenvalue weighted by molar-refractivity contribution is 7.71. The summed E-state index contributed by atoms with van der Waals surface area (Å²) in [6.45, 7) is 6.72. The van der Waals surface area contributed by atoms with E-state index in [1.165, 1.54) is 5.56 Å². The van der Waals surface area contributed by atoms with E-state index in [9.17, 15) is 4.79 Å². The summed E-state index contributed by atoms with van der Waals surface area (Å²) >= 11 is 5.31. The molecular weight excluding hydrogens is 344 g/mol. The molecular formula is C20H22N4OS. The number of amides is 1. The molecule has 0 bridgehead atoms. The van der Waals surface area contributed by atoms with Gasteiger partial charge in [0.05, 0.1) is 6.54 Å². The third-order valence-corrected chi connectivity index (χ3v) is 4.45. The highest BCUT2D eigenvalue weighted by Gasteiger charge is 2.15. The van der Waals surface area contributed by atoms with Gasteiger partial charge in [-0.3, -0.25) is 14.5 Å². The summed E-state index contributed by atoms with van der Waals surface area (Å²) < 4.78 is 2.31. The van der Waals surface area contributed by atoms with E-state index < -0.39 is 0 Å². The molecule has 0 radical (unpaired) electrons. The van der Waals surface area contributed by atoms with Crippen molar-refractivity contribution in [3.63, 3.8) is 0 Å². The van der Waals surface area contributed by atoms with Crippen LogP contribution in [-0.2, 0) is 12.0 Å². The molecule has 26 heavy (non-hydrogen) atoms. The third kappa shape index (κ3) is 3.91. The second-order valence-corrected chi connectivity index (χ2v) is 7.51. The van der Waals surface area contributed by atoms with Crippen molar-refractivity contribution in [1.82, 2.24) is 20.1 Å². The zero-order valence-electron chi connectivity index (χ0n) is 15.1. The van der Waals surface area contributed by atoms with Gasteiger partial charge in [-0.1, -0.05) is 51.1 Å². The number of nitrogens with zero attached hydrogens (tertiary/aromatic N) is 2. The highest BCUT2D eigenvalue weighted by Crippen LogP contribution is 2.22. The van der Waals surface area contributed by atoms with E-state index in [1.54, 1.807) is 0 Å². The molecule has 0 aliphatic rings. The Morgan fingerprint density at radius 2 is 1.77 bits per heavy atom. The SMILES string of the molecule is CC(C)(C)c1ccc(C(=O)NCc2n[nH]c(=S)n2-c2ccccc2)cc1. The Balaban J connectivity index is 1.74. The standard InChI is InChI=1S/C20H22N4OS/c1-20(2,3)15-11-9-14(10-12-15)18(25)21-13-17-22-23-19(26)24(17)16-7-5-4-6-8-16/h4-12H,13H2,1-3H3,(H,21,25)(H,23,26). The van der Waals surface area contributed by atoms with Crippen LogP contribution >= 0.6 is 12.2 Å². The molecule has 0 saturated heterocycles. The smallest absolute Gasteiger partial charge is 0.251 e. The van der Waals surface area contributed by atoms with Crippen LogP contribution in [-0.4, -0.2) is 20.7 Å². The van der Waals surface area contributed by atoms with Crippen molar-refractivity contribution in [3.05, 3.63) is 76.3 Å². The number of aromatic nitrogens is 3. The number of carbonyl (C=O) groups is 1. The predicted molar refractivity (Wildman–Crippen MR) is 105 cm³/mol. The zero-order valence-corrected chi connectivity index (χ0v) is 15.9. The first-order valence-electron chi connectivity index (χ1n) is 8.47. The third-order valence-electron chi connectivity index (χ3n) is 4.18. The lowest BCUT2D eigenvalue weighted by atomic mass is 9.87. The van der Waals surface area contributed by atoms with Crippen LogP contribution in [0.5, 0.6) is 0 Å². The van der Waals surface area contributed by atoms with Gasteiger partial charge in [0.25, 0.3) is 5.91 Å². The fourth-order valence-electron chi connectivity index (χ4n) is 2.67. The summed E-state index contributed by atoms with van der Waals surface area (Å²) in [5.74, 6) is 0.514. The first-order valence-corrected chi connectivity index (χ1v) is 8.87. The molecule has 0 aliphatic carbocycles. The van der Waals surface area contributed by atoms with Crippen molar-refractivity contribution in [2.75, 3.05) is 0 Å². The Labute approximate surface area is 158 Å². The van der Waals surface area contributed by atoms with Crippen LogP contribution < -0.4 is 5.32 Å². The largest absolute Gasteiger partial charge is 0.345 e. The van der Waals surface area contributed by atoms with Gasteiger partial charge >= 0.3 is 0 Å². The van der Waals surface area contributed by atoms with Gasteiger partial charge < -0.3 is 5.32 Å². The minimum absolute atomic E-state index is 0.0606. The lowest BCUT2D eigenvalue weighted by Gasteiger charge is -2.19. The van der Waals surface area contributed by atoms with Gasteiger partial charge in [-0.2, -0.15) is 5.10 Å². The Bertz CT molecular complexity index is 950. The second kappa shape index (κ2) is 7.25. The maximum Gasteiger partial charge on any atom is 0.251 e. The minimum atomic E-state index is -0.140. The average Bonchev–Trinajstić information content (AvgIpc) is 3.00. The number of para-hydroxylation sites is 1. The van der Waals surface area contributed by atoms with Crippen LogP contribution in [0.1, 0.15) is 42.5 Å². The van der Waals surface area contributed by atoms with Crippen molar-refractivity contribution in [2.45, 2.75) is 32.7 Å². The van der Waals surface area contributed by atoms with Crippen LogP contribution in [0.25, 0.3) is 5.69 Å². The van der Waals surface area contributed by atoms with E-state index in [-0.39, 0.29) is 17.9 Å². The Kier molecular flexibility index (Phi) is 5.04. The van der Waals surface area contributed by atoms with Crippen LogP contribution in [0.2, 0.25) is 0 Å². The first-order chi connectivity index (χ1) is 12.4. The Morgan fingerprint density at radius 3 is 2.38 bits per heavy atom. The van der Waals surface area contributed by atoms with Gasteiger partial charge in [0.1, 0.15) is 0 Å². The molecule has 0 atom stereocenters. The molecule has 0 aliphatic heterocycles. The van der Waals surface area contributed by atoms with Crippen LogP contribution in [0.4, 0.5) is 0 Å². The highest BCUT2D eigenvalue weighted by atomic mass is 32.1. The predicted octanol–water partition coefficient (Wildman–Crippen LogP) is 4.16. The topological polar surface area (TPSA) is 62.7 Å². The van der Waals surface area contributed by atoms with E-state index in [0.29, 0.717) is 16.2 Å². The first kappa shape index (κ1) is 18.1. The van der Waals surface area contributed by atoms with Gasteiger partial charge in [0, 0.05) is 11.3 Å². The molecule has 2 N–H and O–H groups in total. The van der Waals surface area contributed by atoms with Crippen molar-refractivity contribution in [2.24, 2.45) is 0 Å². The molecule has 1 heterocycles. The molecule has 3 aromatic rings. The average molecular weight is 366 g/mol. The number of carbonyl (C=O) groups excluding carboxylic acids is 1. The maximum absolute atomic E-state index is 12.4. The molecule has 0 fully saturated rings. The number of aromatic amines is 1. The molecule has 1 aromatic heterocycles. The summed E-state index contributed by atoms with van der Waals surface area (Å²) in [6.07, 6.45) is 0. The number of H-pyrrole nitrogens is 1. The number of rotatable bonds is 4. The number of benzene rings is 2. The number of hydrogen-bond donors (Lipinski definition) is 2. The van der Waals surface area contributed by atoms with Crippen LogP contribution in [0, 0.1) is 4.77 Å². The van der Waals surface area contributed by atoms with Crippen molar-refractivity contribution < 1.29 is 4.79 Å². The van der Waals surface area contributed by atoms with E-state index in [2.05, 4.69) is 36.3 Å². The Morgan fingerprint density at radius 1 is 1.12 bits per heavy atom. The van der Waals surface area contributed by atoms with Gasteiger partial charge in [0.2, 0.25) is 0 Å². The molecule has 2 aromatic carbocycles.